The molecule has 1 atom stereocenters. The van der Waals surface area contributed by atoms with E-state index in [0.29, 0.717) is 12.3 Å². The molecule has 0 bridgehead atoms. The van der Waals surface area contributed by atoms with Crippen molar-refractivity contribution in [3.05, 3.63) is 47.9 Å². The minimum Gasteiger partial charge on any atom is -0.328 e. The Morgan fingerprint density at radius 2 is 1.74 bits per heavy atom. The highest BCUT2D eigenvalue weighted by Crippen LogP contribution is 2.21. The van der Waals surface area contributed by atoms with Crippen LogP contribution in [0.15, 0.2) is 36.5 Å². The molecule has 0 aliphatic rings. The minimum absolute atomic E-state index is 0.0820. The molecule has 0 aliphatic heterocycles. The largest absolute Gasteiger partial charge is 0.328 e. The van der Waals surface area contributed by atoms with Crippen molar-refractivity contribution < 1.29 is 0 Å². The van der Waals surface area contributed by atoms with Crippen molar-refractivity contribution in [2.45, 2.75) is 39.2 Å². The molecule has 1 heterocycles. The van der Waals surface area contributed by atoms with Gasteiger partial charge in [0.25, 0.3) is 0 Å². The summed E-state index contributed by atoms with van der Waals surface area (Å²) in [5.74, 6) is 1.36. The molecule has 0 aliphatic carbocycles. The van der Waals surface area contributed by atoms with E-state index in [1.54, 1.807) is 6.20 Å². The van der Waals surface area contributed by atoms with Crippen molar-refractivity contribution >= 4 is 0 Å². The van der Waals surface area contributed by atoms with Crippen LogP contribution in [0.3, 0.4) is 0 Å². The third-order valence-electron chi connectivity index (χ3n) is 3.08. The van der Waals surface area contributed by atoms with Crippen molar-refractivity contribution in [1.82, 2.24) is 9.97 Å². The van der Waals surface area contributed by atoms with Crippen LogP contribution in [0.25, 0.3) is 11.3 Å². The molecule has 2 rings (SSSR count). The van der Waals surface area contributed by atoms with Crippen LogP contribution in [-0.2, 0) is 6.42 Å². The van der Waals surface area contributed by atoms with Crippen LogP contribution in [-0.4, -0.2) is 16.0 Å². The highest BCUT2D eigenvalue weighted by molar-refractivity contribution is 5.59. The number of nitrogens with zero attached hydrogens (tertiary/aromatic N) is 2. The zero-order valence-electron chi connectivity index (χ0n) is 11.8. The van der Waals surface area contributed by atoms with Crippen LogP contribution in [0, 0.1) is 0 Å². The third-order valence-corrected chi connectivity index (χ3v) is 3.08. The van der Waals surface area contributed by atoms with Gasteiger partial charge in [-0.1, -0.05) is 38.1 Å². The molecule has 1 unspecified atom stereocenters. The number of rotatable bonds is 4. The normalized spacial score (nSPS) is 12.7. The van der Waals surface area contributed by atoms with Gasteiger partial charge in [0, 0.05) is 24.2 Å². The predicted molar refractivity (Wildman–Crippen MR) is 78.9 cm³/mol. The maximum Gasteiger partial charge on any atom is 0.130 e. The van der Waals surface area contributed by atoms with Gasteiger partial charge in [0.1, 0.15) is 5.82 Å². The molecule has 0 radical (unpaired) electrons. The molecule has 100 valence electrons. The molecular formula is C16H21N3. The lowest BCUT2D eigenvalue weighted by atomic mass is 10.0. The van der Waals surface area contributed by atoms with Gasteiger partial charge in [0.2, 0.25) is 0 Å². The van der Waals surface area contributed by atoms with E-state index in [4.69, 9.17) is 5.73 Å². The second-order valence-electron chi connectivity index (χ2n) is 5.32. The Labute approximate surface area is 114 Å². The smallest absolute Gasteiger partial charge is 0.130 e. The molecule has 0 fully saturated rings. The average molecular weight is 255 g/mol. The van der Waals surface area contributed by atoms with E-state index >= 15 is 0 Å². The molecule has 1 aromatic carbocycles. The Bertz CT molecular complexity index is 530. The van der Waals surface area contributed by atoms with Crippen molar-refractivity contribution in [3.63, 3.8) is 0 Å². The summed E-state index contributed by atoms with van der Waals surface area (Å²) in [7, 11) is 0. The van der Waals surface area contributed by atoms with Gasteiger partial charge in [-0.3, -0.25) is 0 Å². The quantitative estimate of drug-likeness (QED) is 0.913. The van der Waals surface area contributed by atoms with Gasteiger partial charge >= 0.3 is 0 Å². The van der Waals surface area contributed by atoms with Crippen LogP contribution < -0.4 is 5.73 Å². The molecule has 3 heteroatoms. The molecule has 3 nitrogen and oxygen atoms in total. The monoisotopic (exact) mass is 255 g/mol. The topological polar surface area (TPSA) is 51.8 Å². The fourth-order valence-corrected chi connectivity index (χ4v) is 1.98. The highest BCUT2D eigenvalue weighted by atomic mass is 14.9. The molecule has 0 spiro atoms. The molecule has 2 N–H and O–H groups in total. The summed E-state index contributed by atoms with van der Waals surface area (Å²) >= 11 is 0. The second-order valence-corrected chi connectivity index (χ2v) is 5.32. The Kier molecular flexibility index (Phi) is 4.27. The van der Waals surface area contributed by atoms with E-state index in [1.807, 2.05) is 13.0 Å². The summed E-state index contributed by atoms with van der Waals surface area (Å²) < 4.78 is 0. The molecule has 0 saturated heterocycles. The summed E-state index contributed by atoms with van der Waals surface area (Å²) in [5.41, 5.74) is 9.21. The number of nitrogens with two attached hydrogens (primary N) is 1. The van der Waals surface area contributed by atoms with Crippen molar-refractivity contribution in [2.24, 2.45) is 5.73 Å². The van der Waals surface area contributed by atoms with Crippen molar-refractivity contribution in [1.29, 1.82) is 0 Å². The average Bonchev–Trinajstić information content (AvgIpc) is 2.38. The van der Waals surface area contributed by atoms with Crippen LogP contribution in [0.2, 0.25) is 0 Å². The fraction of sp³-hybridized carbons (Fsp3) is 0.375. The van der Waals surface area contributed by atoms with Gasteiger partial charge in [-0.2, -0.15) is 0 Å². The van der Waals surface area contributed by atoms with Gasteiger partial charge in [-0.15, -0.1) is 0 Å². The second kappa shape index (κ2) is 5.93. The lowest BCUT2D eigenvalue weighted by molar-refractivity contribution is 0.702. The molecule has 2 aromatic rings. The summed E-state index contributed by atoms with van der Waals surface area (Å²) in [6, 6.07) is 10.6. The zero-order chi connectivity index (χ0) is 13.8. The van der Waals surface area contributed by atoms with E-state index in [9.17, 15) is 0 Å². The number of benzene rings is 1. The summed E-state index contributed by atoms with van der Waals surface area (Å²) in [6.45, 7) is 6.36. The van der Waals surface area contributed by atoms with Crippen molar-refractivity contribution in [3.8, 4) is 11.3 Å². The first-order valence-electron chi connectivity index (χ1n) is 6.74. The highest BCUT2D eigenvalue weighted by Gasteiger charge is 2.05. The predicted octanol–water partition coefficient (Wildman–Crippen LogP) is 3.16. The van der Waals surface area contributed by atoms with Crippen LogP contribution >= 0.6 is 0 Å². The van der Waals surface area contributed by atoms with Crippen LogP contribution in [0.1, 0.15) is 38.1 Å². The molecule has 1 aromatic heterocycles. The first-order chi connectivity index (χ1) is 9.06. The van der Waals surface area contributed by atoms with E-state index in [0.717, 1.165) is 17.1 Å². The first kappa shape index (κ1) is 13.7. The molecule has 0 amide bonds. The fourth-order valence-electron chi connectivity index (χ4n) is 1.98. The third kappa shape index (κ3) is 3.61. The van der Waals surface area contributed by atoms with E-state index in [2.05, 4.69) is 48.1 Å². The number of hydrogen-bond acceptors (Lipinski definition) is 3. The maximum atomic E-state index is 5.79. The lowest BCUT2D eigenvalue weighted by Gasteiger charge is -2.08. The minimum atomic E-state index is 0.0820. The van der Waals surface area contributed by atoms with E-state index < -0.39 is 0 Å². The molecule has 0 saturated carbocycles. The lowest BCUT2D eigenvalue weighted by Crippen LogP contribution is -2.19. The van der Waals surface area contributed by atoms with E-state index in [-0.39, 0.29) is 6.04 Å². The molecular weight excluding hydrogens is 234 g/mol. The summed E-state index contributed by atoms with van der Waals surface area (Å²) in [6.07, 6.45) is 2.51. The Hall–Kier alpha value is -1.74. The first-order valence-corrected chi connectivity index (χ1v) is 6.74. The van der Waals surface area contributed by atoms with E-state index in [1.165, 1.54) is 5.56 Å². The number of aromatic nitrogens is 2. The Morgan fingerprint density at radius 1 is 1.05 bits per heavy atom. The zero-order valence-corrected chi connectivity index (χ0v) is 11.8. The Balaban J connectivity index is 2.26. The summed E-state index contributed by atoms with van der Waals surface area (Å²) in [5, 5.41) is 0. The SMILES string of the molecule is CC(N)Cc1nccc(-c2ccc(C(C)C)cc2)n1. The van der Waals surface area contributed by atoms with Crippen LogP contribution in [0.5, 0.6) is 0 Å². The van der Waals surface area contributed by atoms with Gasteiger partial charge in [0.15, 0.2) is 0 Å². The van der Waals surface area contributed by atoms with Crippen molar-refractivity contribution in [2.75, 3.05) is 0 Å². The summed E-state index contributed by atoms with van der Waals surface area (Å²) in [4.78, 5) is 8.83. The maximum absolute atomic E-state index is 5.79. The van der Waals surface area contributed by atoms with Crippen LogP contribution in [0.4, 0.5) is 0 Å². The number of hydrogen-bond donors (Lipinski definition) is 1. The van der Waals surface area contributed by atoms with Gasteiger partial charge in [-0.05, 0) is 24.5 Å². The Morgan fingerprint density at radius 3 is 2.32 bits per heavy atom. The van der Waals surface area contributed by atoms with Gasteiger partial charge in [0.05, 0.1) is 5.69 Å². The van der Waals surface area contributed by atoms with Gasteiger partial charge < -0.3 is 5.73 Å². The van der Waals surface area contributed by atoms with Gasteiger partial charge in [-0.25, -0.2) is 9.97 Å². The standard InChI is InChI=1S/C16H21N3/c1-11(2)13-4-6-14(7-5-13)15-8-9-18-16(19-15)10-12(3)17/h4-9,11-12H,10,17H2,1-3H3. The molecule has 19 heavy (non-hydrogen) atoms.